The number of nitrogens with one attached hydrogen (secondary N) is 1. The molecule has 0 bridgehead atoms. The summed E-state index contributed by atoms with van der Waals surface area (Å²) >= 11 is 0. The Bertz CT molecular complexity index is 728. The zero-order valence-electron chi connectivity index (χ0n) is 13.3. The van der Waals surface area contributed by atoms with Gasteiger partial charge in [0.05, 0.1) is 6.04 Å². The maximum absolute atomic E-state index is 11.9. The zero-order valence-corrected chi connectivity index (χ0v) is 13.3. The molecule has 0 unspecified atom stereocenters. The Labute approximate surface area is 134 Å². The zero-order chi connectivity index (χ0) is 15.8. The first-order valence-electron chi connectivity index (χ1n) is 8.25. The van der Waals surface area contributed by atoms with Gasteiger partial charge in [-0.15, -0.1) is 0 Å². The molecule has 0 spiro atoms. The summed E-state index contributed by atoms with van der Waals surface area (Å²) in [7, 11) is 0. The van der Waals surface area contributed by atoms with Crippen molar-refractivity contribution in [2.75, 3.05) is 31.1 Å². The molecule has 0 saturated carbocycles. The van der Waals surface area contributed by atoms with Gasteiger partial charge in [0.1, 0.15) is 12.1 Å². The van der Waals surface area contributed by atoms with Crippen molar-refractivity contribution >= 4 is 17.6 Å². The minimum absolute atomic E-state index is 0.0618. The second-order valence-electron chi connectivity index (χ2n) is 6.10. The second-order valence-corrected chi connectivity index (χ2v) is 6.10. The van der Waals surface area contributed by atoms with Crippen molar-refractivity contribution in [2.24, 2.45) is 0 Å². The van der Waals surface area contributed by atoms with Crippen molar-refractivity contribution in [3.63, 3.8) is 0 Å². The molecule has 1 N–H and O–H groups in total. The van der Waals surface area contributed by atoms with Crippen molar-refractivity contribution < 1.29 is 4.79 Å². The molecule has 8 heteroatoms. The molecule has 2 aliphatic rings. The normalized spacial score (nSPS) is 22.0. The van der Waals surface area contributed by atoms with Crippen LogP contribution in [0.4, 0.5) is 10.6 Å². The summed E-state index contributed by atoms with van der Waals surface area (Å²) in [5, 5.41) is 7.21. The number of carbonyl (C=O) groups excluding carboxylic acids is 1. The number of fused-ring (bicyclic) bond motifs is 1. The minimum Gasteiger partial charge on any atom is -0.354 e. The molecule has 0 radical (unpaired) electrons. The standard InChI is InChI=1S/C15H21N7O/c1-2-11-8-13(22-14(19-11)17-10-18-22)20-6-3-4-12(9-20)21-7-5-16-15(21)23/h8,10,12H,2-7,9H2,1H3,(H,16,23)/t12-/m1/s1. The highest BCUT2D eigenvalue weighted by Crippen LogP contribution is 2.24. The number of rotatable bonds is 3. The van der Waals surface area contributed by atoms with E-state index in [9.17, 15) is 4.79 Å². The molecule has 122 valence electrons. The maximum atomic E-state index is 11.9. The molecular formula is C15H21N7O. The fourth-order valence-corrected chi connectivity index (χ4v) is 3.50. The fourth-order valence-electron chi connectivity index (χ4n) is 3.50. The minimum atomic E-state index is 0.0618. The van der Waals surface area contributed by atoms with Gasteiger partial charge in [0.15, 0.2) is 0 Å². The van der Waals surface area contributed by atoms with Gasteiger partial charge in [0, 0.05) is 37.9 Å². The van der Waals surface area contributed by atoms with Crippen LogP contribution < -0.4 is 10.2 Å². The van der Waals surface area contributed by atoms with Gasteiger partial charge in [-0.1, -0.05) is 6.92 Å². The number of urea groups is 1. The van der Waals surface area contributed by atoms with Crippen LogP contribution in [0.2, 0.25) is 0 Å². The number of aromatic nitrogens is 4. The SMILES string of the molecule is CCc1cc(N2CCC[C@@H](N3CCNC3=O)C2)n2ncnc2n1. The summed E-state index contributed by atoms with van der Waals surface area (Å²) in [6.07, 6.45) is 4.52. The third kappa shape index (κ3) is 2.47. The largest absolute Gasteiger partial charge is 0.354 e. The number of hydrogen-bond acceptors (Lipinski definition) is 5. The molecule has 2 fully saturated rings. The Hall–Kier alpha value is -2.38. The number of amides is 2. The first kappa shape index (κ1) is 14.2. The number of anilines is 1. The molecular weight excluding hydrogens is 294 g/mol. The summed E-state index contributed by atoms with van der Waals surface area (Å²) in [4.78, 5) is 25.0. The van der Waals surface area contributed by atoms with Crippen molar-refractivity contribution in [3.05, 3.63) is 18.1 Å². The average Bonchev–Trinajstić information content (AvgIpc) is 3.22. The molecule has 0 aromatic carbocycles. The first-order valence-corrected chi connectivity index (χ1v) is 8.25. The van der Waals surface area contributed by atoms with Crippen LogP contribution in [0.25, 0.3) is 5.78 Å². The number of carbonyl (C=O) groups is 1. The predicted molar refractivity (Wildman–Crippen MR) is 85.5 cm³/mol. The quantitative estimate of drug-likeness (QED) is 0.901. The molecule has 23 heavy (non-hydrogen) atoms. The van der Waals surface area contributed by atoms with Gasteiger partial charge in [0.25, 0.3) is 5.78 Å². The van der Waals surface area contributed by atoms with Crippen LogP contribution in [0.3, 0.4) is 0 Å². The Kier molecular flexibility index (Phi) is 3.51. The van der Waals surface area contributed by atoms with E-state index in [0.29, 0.717) is 5.78 Å². The Morgan fingerprint density at radius 3 is 3.09 bits per heavy atom. The van der Waals surface area contributed by atoms with E-state index in [2.05, 4.69) is 38.3 Å². The third-order valence-electron chi connectivity index (χ3n) is 4.70. The molecule has 0 aliphatic carbocycles. The Balaban J connectivity index is 1.64. The van der Waals surface area contributed by atoms with Crippen molar-refractivity contribution in [2.45, 2.75) is 32.2 Å². The third-order valence-corrected chi connectivity index (χ3v) is 4.70. The van der Waals surface area contributed by atoms with E-state index in [4.69, 9.17) is 0 Å². The van der Waals surface area contributed by atoms with Crippen molar-refractivity contribution in [3.8, 4) is 0 Å². The molecule has 2 saturated heterocycles. The molecule has 4 heterocycles. The van der Waals surface area contributed by atoms with Gasteiger partial charge in [-0.25, -0.2) is 9.78 Å². The first-order chi connectivity index (χ1) is 11.3. The van der Waals surface area contributed by atoms with E-state index < -0.39 is 0 Å². The highest BCUT2D eigenvalue weighted by atomic mass is 16.2. The van der Waals surface area contributed by atoms with E-state index in [-0.39, 0.29) is 12.1 Å². The van der Waals surface area contributed by atoms with Gasteiger partial charge in [-0.3, -0.25) is 0 Å². The molecule has 2 aliphatic heterocycles. The van der Waals surface area contributed by atoms with Gasteiger partial charge in [-0.2, -0.15) is 14.6 Å². The van der Waals surface area contributed by atoms with E-state index >= 15 is 0 Å². The van der Waals surface area contributed by atoms with Gasteiger partial charge >= 0.3 is 6.03 Å². The average molecular weight is 315 g/mol. The highest BCUT2D eigenvalue weighted by molar-refractivity contribution is 5.76. The molecule has 1 atom stereocenters. The number of aryl methyl sites for hydroxylation is 1. The molecule has 2 amide bonds. The summed E-state index contributed by atoms with van der Waals surface area (Å²) in [6, 6.07) is 2.41. The van der Waals surface area contributed by atoms with E-state index in [0.717, 1.165) is 57.0 Å². The molecule has 2 aromatic rings. The maximum Gasteiger partial charge on any atom is 0.317 e. The van der Waals surface area contributed by atoms with Crippen LogP contribution in [-0.2, 0) is 6.42 Å². The van der Waals surface area contributed by atoms with Gasteiger partial charge in [-0.05, 0) is 19.3 Å². The summed E-state index contributed by atoms with van der Waals surface area (Å²) in [5.41, 5.74) is 1.02. The summed E-state index contributed by atoms with van der Waals surface area (Å²) in [6.45, 7) is 5.43. The Morgan fingerprint density at radius 2 is 2.30 bits per heavy atom. The fraction of sp³-hybridized carbons (Fsp3) is 0.600. The lowest BCUT2D eigenvalue weighted by Crippen LogP contribution is -2.49. The van der Waals surface area contributed by atoms with Crippen LogP contribution in [-0.4, -0.2) is 62.7 Å². The summed E-state index contributed by atoms with van der Waals surface area (Å²) < 4.78 is 1.80. The monoisotopic (exact) mass is 315 g/mol. The lowest BCUT2D eigenvalue weighted by molar-refractivity contribution is 0.189. The smallest absolute Gasteiger partial charge is 0.317 e. The van der Waals surface area contributed by atoms with Crippen LogP contribution >= 0.6 is 0 Å². The van der Waals surface area contributed by atoms with E-state index in [1.165, 1.54) is 0 Å². The molecule has 2 aromatic heterocycles. The number of nitrogens with zero attached hydrogens (tertiary/aromatic N) is 6. The lowest BCUT2D eigenvalue weighted by Gasteiger charge is -2.38. The van der Waals surface area contributed by atoms with Gasteiger partial charge in [0.2, 0.25) is 0 Å². The topological polar surface area (TPSA) is 78.7 Å². The van der Waals surface area contributed by atoms with Crippen LogP contribution in [0.15, 0.2) is 12.4 Å². The van der Waals surface area contributed by atoms with Crippen molar-refractivity contribution in [1.82, 2.24) is 29.8 Å². The highest BCUT2D eigenvalue weighted by Gasteiger charge is 2.32. The number of hydrogen-bond donors (Lipinski definition) is 1. The Morgan fingerprint density at radius 1 is 1.39 bits per heavy atom. The lowest BCUT2D eigenvalue weighted by atomic mass is 10.0. The van der Waals surface area contributed by atoms with Gasteiger partial charge < -0.3 is 15.1 Å². The predicted octanol–water partition coefficient (Wildman–Crippen LogP) is 0.681. The number of piperidine rings is 1. The molecule has 4 rings (SSSR count). The van der Waals surface area contributed by atoms with Crippen LogP contribution in [0.5, 0.6) is 0 Å². The molecule has 8 nitrogen and oxygen atoms in total. The van der Waals surface area contributed by atoms with Crippen molar-refractivity contribution in [1.29, 1.82) is 0 Å². The second kappa shape index (κ2) is 5.68. The van der Waals surface area contributed by atoms with E-state index in [1.54, 1.807) is 10.8 Å². The van der Waals surface area contributed by atoms with Crippen LogP contribution in [0, 0.1) is 0 Å². The summed E-state index contributed by atoms with van der Waals surface area (Å²) in [5.74, 6) is 1.66. The van der Waals surface area contributed by atoms with Crippen LogP contribution in [0.1, 0.15) is 25.5 Å². The van der Waals surface area contributed by atoms with E-state index in [1.807, 2.05) is 4.90 Å².